The lowest BCUT2D eigenvalue weighted by Crippen LogP contribution is -2.41. The Morgan fingerprint density at radius 3 is 2.65 bits per heavy atom. The Labute approximate surface area is 119 Å². The van der Waals surface area contributed by atoms with Crippen molar-refractivity contribution in [3.05, 3.63) is 30.1 Å². The number of benzene rings is 1. The Hall–Kier alpha value is -1.46. The van der Waals surface area contributed by atoms with E-state index >= 15 is 0 Å². The van der Waals surface area contributed by atoms with E-state index in [-0.39, 0.29) is 18.3 Å². The maximum Gasteiger partial charge on any atom is 0.238 e. The Morgan fingerprint density at radius 1 is 1.40 bits per heavy atom. The number of halogens is 1. The van der Waals surface area contributed by atoms with Gasteiger partial charge in [-0.15, -0.1) is 0 Å². The van der Waals surface area contributed by atoms with Gasteiger partial charge in [0.25, 0.3) is 0 Å². The van der Waals surface area contributed by atoms with Crippen LogP contribution in [0.25, 0.3) is 0 Å². The predicted octanol–water partition coefficient (Wildman–Crippen LogP) is 1.84. The van der Waals surface area contributed by atoms with Crippen molar-refractivity contribution in [2.45, 2.75) is 31.8 Å². The Balaban J connectivity index is 1.65. The molecule has 1 atom stereocenters. The Bertz CT molecular complexity index is 445. The van der Waals surface area contributed by atoms with Gasteiger partial charge in [0.1, 0.15) is 5.82 Å². The fourth-order valence-electron chi connectivity index (χ4n) is 2.12. The van der Waals surface area contributed by atoms with E-state index in [1.807, 2.05) is 0 Å². The zero-order valence-corrected chi connectivity index (χ0v) is 12.0. The van der Waals surface area contributed by atoms with Crippen LogP contribution in [0.15, 0.2) is 24.3 Å². The first kappa shape index (κ1) is 14.9. The first-order chi connectivity index (χ1) is 9.56. The first-order valence-electron chi connectivity index (χ1n) is 7.04. The summed E-state index contributed by atoms with van der Waals surface area (Å²) in [5.41, 5.74) is 0.612. The summed E-state index contributed by atoms with van der Waals surface area (Å²) >= 11 is 0. The highest BCUT2D eigenvalue weighted by atomic mass is 19.1. The molecule has 0 spiro atoms. The molecule has 1 aliphatic rings. The monoisotopic (exact) mass is 279 g/mol. The van der Waals surface area contributed by atoms with E-state index in [1.54, 1.807) is 12.1 Å². The molecule has 1 saturated carbocycles. The van der Waals surface area contributed by atoms with Crippen LogP contribution >= 0.6 is 0 Å². The summed E-state index contributed by atoms with van der Waals surface area (Å²) in [6, 6.07) is 6.90. The van der Waals surface area contributed by atoms with Gasteiger partial charge in [0.05, 0.1) is 6.54 Å². The van der Waals surface area contributed by atoms with Crippen LogP contribution in [0, 0.1) is 5.82 Å². The van der Waals surface area contributed by atoms with Crippen LogP contribution in [-0.4, -0.2) is 43.0 Å². The number of nitrogens with zero attached hydrogens (tertiary/aromatic N) is 1. The normalized spacial score (nSPS) is 16.2. The van der Waals surface area contributed by atoms with Gasteiger partial charge in [0.2, 0.25) is 5.91 Å². The molecular weight excluding hydrogens is 257 g/mol. The highest BCUT2D eigenvalue weighted by molar-refractivity contribution is 5.92. The summed E-state index contributed by atoms with van der Waals surface area (Å²) in [5, 5.41) is 5.88. The van der Waals surface area contributed by atoms with Crippen LogP contribution in [0.4, 0.5) is 10.1 Å². The molecule has 1 amide bonds. The molecule has 1 aromatic rings. The number of carbonyl (C=O) groups is 1. The van der Waals surface area contributed by atoms with E-state index in [0.29, 0.717) is 11.7 Å². The molecule has 20 heavy (non-hydrogen) atoms. The largest absolute Gasteiger partial charge is 0.325 e. The minimum atomic E-state index is -0.307. The third kappa shape index (κ3) is 4.58. The van der Waals surface area contributed by atoms with Crippen molar-refractivity contribution in [2.24, 2.45) is 0 Å². The van der Waals surface area contributed by atoms with Gasteiger partial charge in [-0.05, 0) is 51.1 Å². The standard InChI is InChI=1S/C15H22FN3O/c1-11(19(2)14-7-8-14)9-17-10-15(20)18-13-5-3-12(16)4-6-13/h3-6,11,14,17H,7-10H2,1-2H3,(H,18,20). The lowest BCUT2D eigenvalue weighted by molar-refractivity contribution is -0.115. The molecule has 0 radical (unpaired) electrons. The van der Waals surface area contributed by atoms with Gasteiger partial charge in [-0.1, -0.05) is 0 Å². The van der Waals surface area contributed by atoms with Gasteiger partial charge in [0.15, 0.2) is 0 Å². The van der Waals surface area contributed by atoms with Gasteiger partial charge < -0.3 is 10.6 Å². The van der Waals surface area contributed by atoms with Crippen LogP contribution in [0.1, 0.15) is 19.8 Å². The quantitative estimate of drug-likeness (QED) is 0.800. The molecule has 0 aliphatic heterocycles. The second kappa shape index (κ2) is 6.81. The topological polar surface area (TPSA) is 44.4 Å². The van der Waals surface area contributed by atoms with Gasteiger partial charge in [-0.2, -0.15) is 0 Å². The van der Waals surface area contributed by atoms with E-state index in [0.717, 1.165) is 12.6 Å². The molecule has 5 heteroatoms. The molecule has 0 bridgehead atoms. The number of anilines is 1. The third-order valence-electron chi connectivity index (χ3n) is 3.67. The lowest BCUT2D eigenvalue weighted by Gasteiger charge is -2.24. The average Bonchev–Trinajstić information content (AvgIpc) is 3.25. The van der Waals surface area contributed by atoms with Crippen LogP contribution < -0.4 is 10.6 Å². The van der Waals surface area contributed by atoms with Gasteiger partial charge >= 0.3 is 0 Å². The number of hydrogen-bond donors (Lipinski definition) is 2. The highest BCUT2D eigenvalue weighted by Crippen LogP contribution is 2.26. The molecule has 1 unspecified atom stereocenters. The van der Waals surface area contributed by atoms with Crippen LogP contribution in [-0.2, 0) is 4.79 Å². The zero-order chi connectivity index (χ0) is 14.5. The molecule has 1 aliphatic carbocycles. The van der Waals surface area contributed by atoms with E-state index in [4.69, 9.17) is 0 Å². The van der Waals surface area contributed by atoms with Crippen molar-refractivity contribution in [1.82, 2.24) is 10.2 Å². The fraction of sp³-hybridized carbons (Fsp3) is 0.533. The molecule has 4 nitrogen and oxygen atoms in total. The third-order valence-corrected chi connectivity index (χ3v) is 3.67. The smallest absolute Gasteiger partial charge is 0.238 e. The molecule has 0 heterocycles. The second-order valence-electron chi connectivity index (χ2n) is 5.43. The molecule has 0 saturated heterocycles. The first-order valence-corrected chi connectivity index (χ1v) is 7.04. The van der Waals surface area contributed by atoms with Crippen molar-refractivity contribution in [3.63, 3.8) is 0 Å². The average molecular weight is 279 g/mol. The van der Waals surface area contributed by atoms with Crippen LogP contribution in [0.5, 0.6) is 0 Å². The summed E-state index contributed by atoms with van der Waals surface area (Å²) in [6.45, 7) is 3.20. The zero-order valence-electron chi connectivity index (χ0n) is 12.0. The van der Waals surface area contributed by atoms with Crippen molar-refractivity contribution in [1.29, 1.82) is 0 Å². The lowest BCUT2D eigenvalue weighted by atomic mass is 10.3. The van der Waals surface area contributed by atoms with Gasteiger partial charge in [-0.3, -0.25) is 9.69 Å². The fourth-order valence-corrected chi connectivity index (χ4v) is 2.12. The summed E-state index contributed by atoms with van der Waals surface area (Å²) in [5.74, 6) is -0.420. The summed E-state index contributed by atoms with van der Waals surface area (Å²) in [6.07, 6.45) is 2.57. The van der Waals surface area contributed by atoms with E-state index in [2.05, 4.69) is 29.5 Å². The maximum absolute atomic E-state index is 12.7. The molecule has 2 N–H and O–H groups in total. The Morgan fingerprint density at radius 2 is 2.05 bits per heavy atom. The number of carbonyl (C=O) groups excluding carboxylic acids is 1. The van der Waals surface area contributed by atoms with E-state index in [9.17, 15) is 9.18 Å². The summed E-state index contributed by atoms with van der Waals surface area (Å²) in [4.78, 5) is 14.1. The number of hydrogen-bond acceptors (Lipinski definition) is 3. The summed E-state index contributed by atoms with van der Waals surface area (Å²) < 4.78 is 12.7. The molecular formula is C15H22FN3O. The number of amides is 1. The number of nitrogens with one attached hydrogen (secondary N) is 2. The molecule has 1 fully saturated rings. The minimum absolute atomic E-state index is 0.113. The van der Waals surface area contributed by atoms with Gasteiger partial charge in [0, 0.05) is 24.3 Å². The Kier molecular flexibility index (Phi) is 5.09. The van der Waals surface area contributed by atoms with Gasteiger partial charge in [-0.25, -0.2) is 4.39 Å². The molecule has 110 valence electrons. The molecule has 0 aromatic heterocycles. The maximum atomic E-state index is 12.7. The van der Waals surface area contributed by atoms with Crippen molar-refractivity contribution in [3.8, 4) is 0 Å². The van der Waals surface area contributed by atoms with Crippen molar-refractivity contribution >= 4 is 11.6 Å². The predicted molar refractivity (Wildman–Crippen MR) is 78.1 cm³/mol. The van der Waals surface area contributed by atoms with Crippen LogP contribution in [0.2, 0.25) is 0 Å². The second-order valence-corrected chi connectivity index (χ2v) is 5.43. The summed E-state index contributed by atoms with van der Waals surface area (Å²) in [7, 11) is 2.13. The van der Waals surface area contributed by atoms with E-state index < -0.39 is 0 Å². The van der Waals surface area contributed by atoms with Crippen LogP contribution in [0.3, 0.4) is 0 Å². The minimum Gasteiger partial charge on any atom is -0.325 e. The van der Waals surface area contributed by atoms with E-state index in [1.165, 1.54) is 25.0 Å². The number of rotatable bonds is 7. The molecule has 2 rings (SSSR count). The van der Waals surface area contributed by atoms with Crippen molar-refractivity contribution in [2.75, 3.05) is 25.5 Å². The molecule has 1 aromatic carbocycles. The SMILES string of the molecule is CC(CNCC(=O)Nc1ccc(F)cc1)N(C)C1CC1. The highest BCUT2D eigenvalue weighted by Gasteiger charge is 2.28. The van der Waals surface area contributed by atoms with Crippen molar-refractivity contribution < 1.29 is 9.18 Å². The number of likely N-dealkylation sites (N-methyl/N-ethyl adjacent to an activating group) is 1.